The number of hydrogen-bond acceptors (Lipinski definition) is 6. The second kappa shape index (κ2) is 8.77. The molecule has 8 heteroatoms. The maximum absolute atomic E-state index is 13.4. The van der Waals surface area contributed by atoms with Crippen LogP contribution in [0.4, 0.5) is 5.69 Å². The summed E-state index contributed by atoms with van der Waals surface area (Å²) in [5.74, 6) is 0.761. The molecule has 8 nitrogen and oxygen atoms in total. The van der Waals surface area contributed by atoms with Gasteiger partial charge in [-0.05, 0) is 56.0 Å². The third-order valence-electron chi connectivity index (χ3n) is 6.57. The van der Waals surface area contributed by atoms with Gasteiger partial charge in [-0.25, -0.2) is 0 Å². The highest BCUT2D eigenvalue weighted by Crippen LogP contribution is 2.32. The molecule has 2 amide bonds. The first kappa shape index (κ1) is 21.3. The van der Waals surface area contributed by atoms with Crippen molar-refractivity contribution < 1.29 is 14.1 Å². The Kier molecular flexibility index (Phi) is 5.66. The Morgan fingerprint density at radius 2 is 2.06 bits per heavy atom. The van der Waals surface area contributed by atoms with E-state index in [0.29, 0.717) is 31.3 Å². The monoisotopic (exact) mass is 445 g/mol. The lowest BCUT2D eigenvalue weighted by molar-refractivity contribution is -0.137. The topological polar surface area (TPSA) is 92.4 Å². The minimum Gasteiger partial charge on any atom is -0.342 e. The van der Waals surface area contributed by atoms with Crippen LogP contribution in [-0.4, -0.2) is 51.5 Å². The Balaban J connectivity index is 1.27. The molecule has 0 unspecified atom stereocenters. The summed E-state index contributed by atoms with van der Waals surface area (Å²) in [6.45, 7) is 5.65. The number of piperidine rings is 1. The zero-order valence-corrected chi connectivity index (χ0v) is 18.9. The lowest BCUT2D eigenvalue weighted by Gasteiger charge is -2.32. The summed E-state index contributed by atoms with van der Waals surface area (Å²) in [6, 6.07) is 9.79. The highest BCUT2D eigenvalue weighted by molar-refractivity contribution is 6.00. The van der Waals surface area contributed by atoms with Gasteiger partial charge in [0.1, 0.15) is 0 Å². The predicted molar refractivity (Wildman–Crippen MR) is 122 cm³/mol. The number of aromatic nitrogens is 3. The molecule has 0 N–H and O–H groups in total. The van der Waals surface area contributed by atoms with Crippen LogP contribution in [0.2, 0.25) is 0 Å². The summed E-state index contributed by atoms with van der Waals surface area (Å²) in [4.78, 5) is 38.4. The number of likely N-dealkylation sites (tertiary alicyclic amines) is 1. The first-order chi connectivity index (χ1) is 16.0. The number of carbonyl (C=O) groups excluding carboxylic acids is 2. The number of benzene rings is 1. The van der Waals surface area contributed by atoms with Gasteiger partial charge in [-0.1, -0.05) is 17.3 Å². The fourth-order valence-electron chi connectivity index (χ4n) is 4.77. The van der Waals surface area contributed by atoms with Crippen molar-refractivity contribution >= 4 is 17.5 Å². The van der Waals surface area contributed by atoms with E-state index in [4.69, 9.17) is 4.52 Å². The van der Waals surface area contributed by atoms with Gasteiger partial charge in [0.25, 0.3) is 0 Å². The van der Waals surface area contributed by atoms with Gasteiger partial charge in [0.15, 0.2) is 0 Å². The van der Waals surface area contributed by atoms with Gasteiger partial charge in [0.05, 0.1) is 11.8 Å². The number of carbonyl (C=O) groups is 2. The number of amides is 2. The standard InChI is InChI=1S/C25H27N5O3/c1-16-7-8-17(2)21(11-16)30-15-20(12-22(30)31)25(32)29-10-4-6-19(14-29)24-27-23(28-33-24)18-5-3-9-26-13-18/h3,5,7-9,11,13,19-20H,4,6,10,12,14-15H2,1-2H3/t19-,20-/m1/s1. The molecule has 5 rings (SSSR count). The van der Waals surface area contributed by atoms with Crippen molar-refractivity contribution in [1.82, 2.24) is 20.0 Å². The Hall–Kier alpha value is -3.55. The molecule has 4 heterocycles. The molecule has 0 aliphatic carbocycles. The lowest BCUT2D eigenvalue weighted by Crippen LogP contribution is -2.43. The summed E-state index contributed by atoms with van der Waals surface area (Å²) in [6.07, 6.45) is 5.40. The van der Waals surface area contributed by atoms with Crippen molar-refractivity contribution in [2.24, 2.45) is 5.92 Å². The van der Waals surface area contributed by atoms with E-state index in [-0.39, 0.29) is 30.1 Å². The van der Waals surface area contributed by atoms with Crippen molar-refractivity contribution in [2.45, 2.75) is 39.0 Å². The average Bonchev–Trinajstić information content (AvgIpc) is 3.48. The number of pyridine rings is 1. The molecule has 33 heavy (non-hydrogen) atoms. The van der Waals surface area contributed by atoms with Crippen LogP contribution in [0.5, 0.6) is 0 Å². The fraction of sp³-hybridized carbons (Fsp3) is 0.400. The molecule has 0 bridgehead atoms. The van der Waals surface area contributed by atoms with E-state index < -0.39 is 0 Å². The van der Waals surface area contributed by atoms with Crippen LogP contribution in [0, 0.1) is 19.8 Å². The summed E-state index contributed by atoms with van der Waals surface area (Å²) < 4.78 is 5.54. The molecule has 1 aromatic carbocycles. The first-order valence-electron chi connectivity index (χ1n) is 11.4. The predicted octanol–water partition coefficient (Wildman–Crippen LogP) is 3.51. The minimum atomic E-state index is -0.329. The second-order valence-electron chi connectivity index (χ2n) is 9.02. The van der Waals surface area contributed by atoms with Crippen LogP contribution in [0.25, 0.3) is 11.4 Å². The van der Waals surface area contributed by atoms with Gasteiger partial charge in [0.2, 0.25) is 23.5 Å². The molecule has 2 fully saturated rings. The van der Waals surface area contributed by atoms with Crippen molar-refractivity contribution in [1.29, 1.82) is 0 Å². The van der Waals surface area contributed by atoms with Crippen LogP contribution < -0.4 is 4.90 Å². The maximum Gasteiger partial charge on any atom is 0.231 e. The van der Waals surface area contributed by atoms with Crippen molar-refractivity contribution in [2.75, 3.05) is 24.5 Å². The summed E-state index contributed by atoms with van der Waals surface area (Å²) in [5, 5.41) is 4.10. The van der Waals surface area contributed by atoms with Crippen LogP contribution in [-0.2, 0) is 9.59 Å². The molecule has 2 saturated heterocycles. The molecular formula is C25H27N5O3. The van der Waals surface area contributed by atoms with Gasteiger partial charge >= 0.3 is 0 Å². The largest absolute Gasteiger partial charge is 0.342 e. The molecule has 2 aliphatic rings. The third-order valence-corrected chi connectivity index (χ3v) is 6.57. The number of aryl methyl sites for hydroxylation is 2. The zero-order valence-electron chi connectivity index (χ0n) is 18.9. The SMILES string of the molecule is Cc1ccc(C)c(N2C[C@H](C(=O)N3CCC[C@@H](c4nc(-c5cccnc5)no4)C3)CC2=O)c1. The molecular weight excluding hydrogens is 418 g/mol. The fourth-order valence-corrected chi connectivity index (χ4v) is 4.77. The van der Waals surface area contributed by atoms with E-state index in [1.165, 1.54) is 0 Å². The van der Waals surface area contributed by atoms with Crippen molar-refractivity contribution in [3.05, 3.63) is 59.7 Å². The second-order valence-corrected chi connectivity index (χ2v) is 9.02. The maximum atomic E-state index is 13.4. The quantitative estimate of drug-likeness (QED) is 0.610. The van der Waals surface area contributed by atoms with Gasteiger partial charge in [-0.2, -0.15) is 4.98 Å². The average molecular weight is 446 g/mol. The number of hydrogen-bond donors (Lipinski definition) is 0. The highest BCUT2D eigenvalue weighted by Gasteiger charge is 2.39. The molecule has 2 atom stereocenters. The van der Waals surface area contributed by atoms with Gasteiger partial charge < -0.3 is 14.3 Å². The van der Waals surface area contributed by atoms with E-state index in [1.54, 1.807) is 17.3 Å². The lowest BCUT2D eigenvalue weighted by atomic mass is 9.96. The number of nitrogens with zero attached hydrogens (tertiary/aromatic N) is 5. The van der Waals surface area contributed by atoms with Crippen molar-refractivity contribution in [3.63, 3.8) is 0 Å². The van der Waals surface area contributed by atoms with Crippen molar-refractivity contribution in [3.8, 4) is 11.4 Å². The normalized spacial score (nSPS) is 21.0. The Labute approximate surface area is 192 Å². The molecule has 3 aromatic rings. The van der Waals surface area contributed by atoms with E-state index in [9.17, 15) is 9.59 Å². The highest BCUT2D eigenvalue weighted by atomic mass is 16.5. The van der Waals surface area contributed by atoms with Gasteiger partial charge in [-0.15, -0.1) is 0 Å². The van der Waals surface area contributed by atoms with E-state index >= 15 is 0 Å². The summed E-state index contributed by atoms with van der Waals surface area (Å²) in [5.41, 5.74) is 3.84. The first-order valence-corrected chi connectivity index (χ1v) is 11.4. The van der Waals surface area contributed by atoms with Gasteiger partial charge in [0, 0.05) is 49.7 Å². The van der Waals surface area contributed by atoms with Crippen LogP contribution >= 0.6 is 0 Å². The Bertz CT molecular complexity index is 1180. The van der Waals surface area contributed by atoms with E-state index in [0.717, 1.165) is 35.2 Å². The van der Waals surface area contributed by atoms with Crippen LogP contribution in [0.3, 0.4) is 0 Å². The van der Waals surface area contributed by atoms with Crippen LogP contribution in [0.15, 0.2) is 47.2 Å². The Morgan fingerprint density at radius 3 is 2.88 bits per heavy atom. The zero-order chi connectivity index (χ0) is 22.9. The number of anilines is 1. The molecule has 170 valence electrons. The Morgan fingerprint density at radius 1 is 1.18 bits per heavy atom. The molecule has 0 spiro atoms. The molecule has 2 aliphatic heterocycles. The van der Waals surface area contributed by atoms with E-state index in [2.05, 4.69) is 15.1 Å². The smallest absolute Gasteiger partial charge is 0.231 e. The van der Waals surface area contributed by atoms with Crippen LogP contribution in [0.1, 0.15) is 42.2 Å². The molecule has 0 saturated carbocycles. The minimum absolute atomic E-state index is 0.00662. The van der Waals surface area contributed by atoms with Gasteiger partial charge in [-0.3, -0.25) is 14.6 Å². The van der Waals surface area contributed by atoms with E-state index in [1.807, 2.05) is 49.1 Å². The summed E-state index contributed by atoms with van der Waals surface area (Å²) in [7, 11) is 0. The molecule has 0 radical (unpaired) electrons. The number of rotatable bonds is 4. The molecule has 2 aromatic heterocycles. The summed E-state index contributed by atoms with van der Waals surface area (Å²) >= 11 is 0. The third kappa shape index (κ3) is 4.25.